The molecule has 0 fully saturated rings. The van der Waals surface area contributed by atoms with Crippen LogP contribution in [0, 0.1) is 0 Å². The molecule has 47 heavy (non-hydrogen) atoms. The normalized spacial score (nSPS) is 13.5. The number of guanidine groups is 1. The van der Waals surface area contributed by atoms with Gasteiger partial charge in [0, 0.05) is 36.5 Å². The lowest BCUT2D eigenvalue weighted by Crippen LogP contribution is -2.57. The minimum absolute atomic E-state index is 0.0197. The topological polar surface area (TPSA) is 288 Å². The summed E-state index contributed by atoms with van der Waals surface area (Å²) in [4.78, 5) is 70.3. The average Bonchev–Trinajstić information content (AvgIpc) is 3.43. The number of aromatic hydroxyl groups is 1. The Hall–Kier alpha value is -5.64. The number of nitrogens with one attached hydrogen (secondary N) is 4. The van der Waals surface area contributed by atoms with E-state index in [9.17, 15) is 39.3 Å². The number of amides is 3. The number of fused-ring (bicyclic) bond motifs is 1. The third kappa shape index (κ3) is 11.3. The van der Waals surface area contributed by atoms with Crippen LogP contribution in [0.3, 0.4) is 0 Å². The van der Waals surface area contributed by atoms with Crippen molar-refractivity contribution in [2.75, 3.05) is 6.54 Å². The molecule has 0 spiro atoms. The molecule has 0 saturated carbocycles. The summed E-state index contributed by atoms with van der Waals surface area (Å²) in [7, 11) is 0. The molecule has 3 rings (SSSR count). The maximum Gasteiger partial charge on any atom is 0.326 e. The predicted molar refractivity (Wildman–Crippen MR) is 172 cm³/mol. The largest absolute Gasteiger partial charge is 0.508 e. The van der Waals surface area contributed by atoms with Crippen LogP contribution in [-0.4, -0.2) is 86.6 Å². The van der Waals surface area contributed by atoms with E-state index in [0.717, 1.165) is 10.9 Å². The average molecular weight is 653 g/mol. The smallest absolute Gasteiger partial charge is 0.326 e. The quantitative estimate of drug-likeness (QED) is 0.0472. The number of carboxylic acid groups (broad SMARTS) is 2. The Kier molecular flexibility index (Phi) is 13.1. The lowest BCUT2D eigenvalue weighted by molar-refractivity contribution is -0.143. The van der Waals surface area contributed by atoms with E-state index in [4.69, 9.17) is 17.2 Å². The molecule has 2 aromatic carbocycles. The molecule has 252 valence electrons. The van der Waals surface area contributed by atoms with Gasteiger partial charge >= 0.3 is 11.9 Å². The first-order valence-electron chi connectivity index (χ1n) is 14.8. The minimum Gasteiger partial charge on any atom is -0.508 e. The summed E-state index contributed by atoms with van der Waals surface area (Å²) >= 11 is 0. The van der Waals surface area contributed by atoms with Gasteiger partial charge in [0.15, 0.2) is 5.96 Å². The number of aromatic nitrogens is 1. The van der Waals surface area contributed by atoms with Crippen LogP contribution in [0.5, 0.6) is 5.75 Å². The van der Waals surface area contributed by atoms with Gasteiger partial charge in [-0.05, 0) is 55.0 Å². The highest BCUT2D eigenvalue weighted by atomic mass is 16.4. The lowest BCUT2D eigenvalue weighted by atomic mass is 10.0. The number of aliphatic carboxylic acids is 2. The second-order valence-corrected chi connectivity index (χ2v) is 10.9. The molecule has 0 bridgehead atoms. The Balaban J connectivity index is 1.75. The molecule has 4 unspecified atom stereocenters. The number of phenolic OH excluding ortho intramolecular Hbond substituents is 1. The molecular weight excluding hydrogens is 612 g/mol. The molecule has 16 nitrogen and oxygen atoms in total. The van der Waals surface area contributed by atoms with Gasteiger partial charge in [0.2, 0.25) is 17.7 Å². The molecule has 1 heterocycles. The van der Waals surface area contributed by atoms with Gasteiger partial charge in [0.05, 0.1) is 6.04 Å². The molecule has 16 heteroatoms. The first-order chi connectivity index (χ1) is 22.3. The molecule has 0 aliphatic heterocycles. The van der Waals surface area contributed by atoms with E-state index >= 15 is 0 Å². The number of aromatic amines is 1. The van der Waals surface area contributed by atoms with E-state index in [1.54, 1.807) is 30.5 Å². The van der Waals surface area contributed by atoms with Crippen molar-refractivity contribution in [3.8, 4) is 5.75 Å². The Morgan fingerprint density at radius 3 is 2.06 bits per heavy atom. The number of carboxylic acids is 2. The van der Waals surface area contributed by atoms with Crippen LogP contribution < -0.4 is 33.2 Å². The van der Waals surface area contributed by atoms with Crippen molar-refractivity contribution in [1.82, 2.24) is 20.9 Å². The fourth-order valence-corrected chi connectivity index (χ4v) is 4.83. The van der Waals surface area contributed by atoms with Crippen LogP contribution >= 0.6 is 0 Å². The van der Waals surface area contributed by atoms with E-state index in [1.807, 2.05) is 12.1 Å². The Morgan fingerprint density at radius 1 is 0.809 bits per heavy atom. The first-order valence-corrected chi connectivity index (χ1v) is 14.8. The Labute approximate surface area is 269 Å². The molecule has 0 aliphatic rings. The van der Waals surface area contributed by atoms with Gasteiger partial charge < -0.3 is 53.5 Å². The number of hydrogen-bond donors (Lipinski definition) is 10. The van der Waals surface area contributed by atoms with Crippen molar-refractivity contribution in [3.63, 3.8) is 0 Å². The van der Waals surface area contributed by atoms with E-state index < -0.39 is 60.2 Å². The zero-order valence-electron chi connectivity index (χ0n) is 25.5. The molecule has 0 saturated heterocycles. The summed E-state index contributed by atoms with van der Waals surface area (Å²) < 4.78 is 0. The van der Waals surface area contributed by atoms with Gasteiger partial charge in [-0.25, -0.2) is 4.79 Å². The standard InChI is InChI=1S/C31H40N8O8/c32-21(14-17-7-9-19(40)10-8-17)27(43)37-23(6-3-13-35-31(33)34)28(44)38-24(11-12-26(41)42)29(45)39-25(30(46)47)15-18-16-36-22-5-2-1-4-20(18)22/h1-2,4-5,7-10,16,21,23-25,36,40H,3,6,11-15,32H2,(H,37,43)(H,38,44)(H,39,45)(H,41,42)(H,46,47)(H4,33,34,35). The SMILES string of the molecule is NC(N)=NCCCC(NC(=O)C(N)Cc1ccc(O)cc1)C(=O)NC(CCC(=O)O)C(=O)NC(Cc1c[nH]c2ccccc12)C(=O)O. The number of phenols is 1. The maximum atomic E-state index is 13.5. The molecule has 1 aromatic heterocycles. The predicted octanol–water partition coefficient (Wildman–Crippen LogP) is -0.557. The second kappa shape index (κ2) is 17.2. The first kappa shape index (κ1) is 35.8. The van der Waals surface area contributed by atoms with Crippen LogP contribution in [-0.2, 0) is 36.8 Å². The molecular formula is C31H40N8O8. The van der Waals surface area contributed by atoms with Crippen LogP contribution in [0.4, 0.5) is 0 Å². The number of nitrogens with two attached hydrogens (primary N) is 3. The second-order valence-electron chi connectivity index (χ2n) is 10.9. The van der Waals surface area contributed by atoms with Crippen molar-refractivity contribution in [2.45, 2.75) is 62.7 Å². The zero-order chi connectivity index (χ0) is 34.5. The van der Waals surface area contributed by atoms with Gasteiger partial charge in [0.1, 0.15) is 23.9 Å². The number of benzene rings is 2. The summed E-state index contributed by atoms with van der Waals surface area (Å²) in [5.41, 5.74) is 18.9. The van der Waals surface area contributed by atoms with Crippen LogP contribution in [0.25, 0.3) is 10.9 Å². The number of nitrogens with zero attached hydrogens (tertiary/aromatic N) is 1. The van der Waals surface area contributed by atoms with Crippen LogP contribution in [0.1, 0.15) is 36.8 Å². The summed E-state index contributed by atoms with van der Waals surface area (Å²) in [5.74, 6) is -5.13. The van der Waals surface area contributed by atoms with Gasteiger partial charge in [-0.2, -0.15) is 0 Å². The van der Waals surface area contributed by atoms with Gasteiger partial charge in [-0.3, -0.25) is 24.2 Å². The minimum atomic E-state index is -1.45. The fraction of sp³-hybridized carbons (Fsp3) is 0.355. The lowest BCUT2D eigenvalue weighted by Gasteiger charge is -2.25. The van der Waals surface area contributed by atoms with Crippen LogP contribution in [0.2, 0.25) is 0 Å². The molecule has 13 N–H and O–H groups in total. The number of carbonyl (C=O) groups is 5. The fourth-order valence-electron chi connectivity index (χ4n) is 4.83. The Morgan fingerprint density at radius 2 is 1.43 bits per heavy atom. The van der Waals surface area contributed by atoms with Crippen molar-refractivity contribution < 1.29 is 39.3 Å². The number of rotatable bonds is 18. The molecule has 3 amide bonds. The maximum absolute atomic E-state index is 13.5. The molecule has 0 radical (unpaired) electrons. The molecule has 3 aromatic rings. The number of H-pyrrole nitrogens is 1. The number of carbonyl (C=O) groups excluding carboxylic acids is 3. The third-order valence-corrected chi connectivity index (χ3v) is 7.30. The Bertz CT molecular complexity index is 1590. The highest BCUT2D eigenvalue weighted by molar-refractivity contribution is 5.94. The summed E-state index contributed by atoms with van der Waals surface area (Å²) in [5, 5.41) is 36.9. The van der Waals surface area contributed by atoms with Gasteiger partial charge in [-0.1, -0.05) is 30.3 Å². The van der Waals surface area contributed by atoms with E-state index in [1.165, 1.54) is 12.1 Å². The van der Waals surface area contributed by atoms with E-state index in [0.29, 0.717) is 11.1 Å². The van der Waals surface area contributed by atoms with Crippen molar-refractivity contribution >= 4 is 46.5 Å². The van der Waals surface area contributed by atoms with E-state index in [2.05, 4.69) is 25.9 Å². The highest BCUT2D eigenvalue weighted by Crippen LogP contribution is 2.19. The zero-order valence-corrected chi connectivity index (χ0v) is 25.5. The van der Waals surface area contributed by atoms with E-state index in [-0.39, 0.29) is 50.4 Å². The number of hydrogen-bond acceptors (Lipinski definition) is 8. The molecule has 0 aliphatic carbocycles. The molecule has 4 atom stereocenters. The summed E-state index contributed by atoms with van der Waals surface area (Å²) in [6.45, 7) is 0.124. The highest BCUT2D eigenvalue weighted by Gasteiger charge is 2.31. The van der Waals surface area contributed by atoms with Crippen LogP contribution in [0.15, 0.2) is 59.7 Å². The van der Waals surface area contributed by atoms with Gasteiger partial charge in [0.25, 0.3) is 0 Å². The van der Waals surface area contributed by atoms with Crippen molar-refractivity contribution in [3.05, 3.63) is 65.9 Å². The number of aliphatic imine (C=N–C) groups is 1. The number of para-hydroxylation sites is 1. The third-order valence-electron chi connectivity index (χ3n) is 7.30. The summed E-state index contributed by atoms with van der Waals surface area (Å²) in [6, 6.07) is 8.12. The van der Waals surface area contributed by atoms with Gasteiger partial charge in [-0.15, -0.1) is 0 Å². The summed E-state index contributed by atoms with van der Waals surface area (Å²) in [6.07, 6.45) is 1.02. The monoisotopic (exact) mass is 652 g/mol. The van der Waals surface area contributed by atoms with Crippen molar-refractivity contribution in [2.24, 2.45) is 22.2 Å². The van der Waals surface area contributed by atoms with Crippen molar-refractivity contribution in [1.29, 1.82) is 0 Å².